The average Bonchev–Trinajstić information content (AvgIpc) is 2.78. The highest BCUT2D eigenvalue weighted by molar-refractivity contribution is 7.89. The summed E-state index contributed by atoms with van der Waals surface area (Å²) in [5.41, 5.74) is 1.89. The Labute approximate surface area is 192 Å². The van der Waals surface area contributed by atoms with Gasteiger partial charge in [0.2, 0.25) is 10.0 Å². The minimum atomic E-state index is -4.18. The molecule has 0 radical (unpaired) electrons. The summed E-state index contributed by atoms with van der Waals surface area (Å²) in [6.07, 6.45) is 9.98. The molecule has 9 heteroatoms. The smallest absolute Gasteiger partial charge is 0.246 e. The third-order valence-corrected chi connectivity index (χ3v) is 10.1. The highest BCUT2D eigenvalue weighted by Crippen LogP contribution is 2.59. The van der Waals surface area contributed by atoms with Gasteiger partial charge in [0.05, 0.1) is 12.2 Å². The van der Waals surface area contributed by atoms with E-state index in [4.69, 9.17) is 0 Å². The first-order valence-corrected chi connectivity index (χ1v) is 13.3. The van der Waals surface area contributed by atoms with Crippen LogP contribution in [0.5, 0.6) is 0 Å². The van der Waals surface area contributed by atoms with Gasteiger partial charge < -0.3 is 5.32 Å². The minimum Gasteiger partial charge on any atom is -0.369 e. The third kappa shape index (κ3) is 3.73. The van der Waals surface area contributed by atoms with E-state index in [0.29, 0.717) is 17.5 Å². The van der Waals surface area contributed by atoms with Crippen molar-refractivity contribution >= 4 is 15.8 Å². The molecule has 1 N–H and O–H groups in total. The second-order valence-corrected chi connectivity index (χ2v) is 12.5. The number of halogens is 2. The quantitative estimate of drug-likeness (QED) is 0.705. The molecular weight excluding hydrogens is 446 g/mol. The zero-order chi connectivity index (χ0) is 22.8. The number of hydrogen-bond acceptors (Lipinski definition) is 5. The van der Waals surface area contributed by atoms with Crippen LogP contribution in [-0.2, 0) is 23.0 Å². The van der Waals surface area contributed by atoms with E-state index < -0.39 is 26.6 Å². The maximum Gasteiger partial charge on any atom is 0.246 e. The predicted octanol–water partition coefficient (Wildman–Crippen LogP) is 4.13. The highest BCUT2D eigenvalue weighted by atomic mass is 32.2. The normalized spacial score (nSPS) is 30.9. The summed E-state index contributed by atoms with van der Waals surface area (Å²) in [5.74, 6) is 1.66. The van der Waals surface area contributed by atoms with Crippen LogP contribution in [0.1, 0.15) is 49.8 Å². The fourth-order valence-electron chi connectivity index (χ4n) is 7.28. The van der Waals surface area contributed by atoms with Crippen LogP contribution in [0.15, 0.2) is 29.4 Å². The lowest BCUT2D eigenvalue weighted by Crippen LogP contribution is -2.49. The molecule has 4 bridgehead atoms. The second kappa shape index (κ2) is 7.70. The molecule has 176 valence electrons. The van der Waals surface area contributed by atoms with Crippen molar-refractivity contribution in [3.8, 4) is 0 Å². The van der Waals surface area contributed by atoms with E-state index >= 15 is 0 Å². The molecule has 33 heavy (non-hydrogen) atoms. The largest absolute Gasteiger partial charge is 0.369 e. The van der Waals surface area contributed by atoms with Crippen LogP contribution < -0.4 is 5.32 Å². The molecule has 1 aromatic heterocycles. The summed E-state index contributed by atoms with van der Waals surface area (Å²) >= 11 is 0. The summed E-state index contributed by atoms with van der Waals surface area (Å²) < 4.78 is 55.0. The molecule has 0 atom stereocenters. The van der Waals surface area contributed by atoms with Gasteiger partial charge in [0, 0.05) is 18.7 Å². The molecule has 4 saturated carbocycles. The maximum atomic E-state index is 14.2. The van der Waals surface area contributed by atoms with E-state index in [2.05, 4.69) is 15.3 Å². The van der Waals surface area contributed by atoms with Gasteiger partial charge in [-0.05, 0) is 86.3 Å². The highest BCUT2D eigenvalue weighted by Gasteiger charge is 2.50. The molecule has 4 fully saturated rings. The molecule has 5 aliphatic rings. The Morgan fingerprint density at radius 3 is 2.45 bits per heavy atom. The van der Waals surface area contributed by atoms with Gasteiger partial charge in [0.1, 0.15) is 28.7 Å². The van der Waals surface area contributed by atoms with Crippen LogP contribution in [-0.4, -0.2) is 35.8 Å². The Morgan fingerprint density at radius 2 is 1.76 bits per heavy atom. The number of aromatic nitrogens is 2. The molecule has 0 unspecified atom stereocenters. The first-order valence-electron chi connectivity index (χ1n) is 11.8. The van der Waals surface area contributed by atoms with E-state index in [0.717, 1.165) is 53.9 Å². The van der Waals surface area contributed by atoms with Crippen molar-refractivity contribution in [2.75, 3.05) is 18.4 Å². The minimum absolute atomic E-state index is 0.0161. The molecule has 1 aromatic carbocycles. The lowest BCUT2D eigenvalue weighted by atomic mass is 9.49. The van der Waals surface area contributed by atoms with E-state index in [-0.39, 0.29) is 13.1 Å². The van der Waals surface area contributed by atoms with Crippen LogP contribution in [0.25, 0.3) is 0 Å². The number of hydrogen-bond donors (Lipinski definition) is 1. The van der Waals surface area contributed by atoms with E-state index in [1.165, 1.54) is 49.2 Å². The molecular formula is C24H28F2N4O2S. The Kier molecular flexibility index (Phi) is 4.99. The molecule has 0 saturated heterocycles. The summed E-state index contributed by atoms with van der Waals surface area (Å²) in [5, 5.41) is 3.60. The van der Waals surface area contributed by atoms with Crippen molar-refractivity contribution in [3.63, 3.8) is 0 Å². The first kappa shape index (κ1) is 21.4. The van der Waals surface area contributed by atoms with Crippen molar-refractivity contribution in [2.45, 2.75) is 56.4 Å². The number of nitrogens with zero attached hydrogens (tertiary/aromatic N) is 3. The number of benzene rings is 1. The predicted molar refractivity (Wildman–Crippen MR) is 119 cm³/mol. The summed E-state index contributed by atoms with van der Waals surface area (Å²) in [6, 6.07) is 2.49. The molecule has 2 aromatic rings. The lowest BCUT2D eigenvalue weighted by molar-refractivity contribution is -0.0444. The van der Waals surface area contributed by atoms with E-state index in [9.17, 15) is 17.2 Å². The molecule has 2 heterocycles. The van der Waals surface area contributed by atoms with Crippen LogP contribution in [0.4, 0.5) is 14.6 Å². The fraction of sp³-hybridized carbons (Fsp3) is 0.583. The SMILES string of the molecule is O=S(=O)(c1cc(F)ccc1F)N1CCc2c(ncnc2NCC23CC4CC(CC(C4)C2)C3)C1. The summed E-state index contributed by atoms with van der Waals surface area (Å²) in [4.78, 5) is 8.17. The Bertz CT molecular complexity index is 1170. The van der Waals surface area contributed by atoms with Crippen molar-refractivity contribution < 1.29 is 17.2 Å². The molecule has 4 aliphatic carbocycles. The van der Waals surface area contributed by atoms with Gasteiger partial charge >= 0.3 is 0 Å². The number of fused-ring (bicyclic) bond motifs is 1. The lowest BCUT2D eigenvalue weighted by Gasteiger charge is -2.57. The number of anilines is 1. The Balaban J connectivity index is 1.21. The Morgan fingerprint density at radius 1 is 1.06 bits per heavy atom. The molecule has 0 amide bonds. The monoisotopic (exact) mass is 474 g/mol. The van der Waals surface area contributed by atoms with Crippen molar-refractivity contribution in [2.24, 2.45) is 23.2 Å². The topological polar surface area (TPSA) is 75.2 Å². The van der Waals surface area contributed by atoms with E-state index in [1.54, 1.807) is 0 Å². The van der Waals surface area contributed by atoms with Crippen molar-refractivity contribution in [1.29, 1.82) is 0 Å². The maximum absolute atomic E-state index is 14.2. The van der Waals surface area contributed by atoms with Gasteiger partial charge in [-0.2, -0.15) is 4.31 Å². The first-order chi connectivity index (χ1) is 15.8. The van der Waals surface area contributed by atoms with Gasteiger partial charge in [-0.3, -0.25) is 0 Å². The zero-order valence-electron chi connectivity index (χ0n) is 18.4. The number of nitrogens with one attached hydrogen (secondary N) is 1. The summed E-state index contributed by atoms with van der Waals surface area (Å²) in [6.45, 7) is 1.09. The van der Waals surface area contributed by atoms with Crippen LogP contribution in [0.2, 0.25) is 0 Å². The second-order valence-electron chi connectivity index (χ2n) is 10.6. The zero-order valence-corrected chi connectivity index (χ0v) is 19.3. The van der Waals surface area contributed by atoms with Gasteiger partial charge in [-0.15, -0.1) is 0 Å². The molecule has 7 rings (SSSR count). The van der Waals surface area contributed by atoms with Gasteiger partial charge in [0.25, 0.3) is 0 Å². The molecule has 0 spiro atoms. The molecule has 1 aliphatic heterocycles. The van der Waals surface area contributed by atoms with Gasteiger partial charge in [-0.1, -0.05) is 0 Å². The average molecular weight is 475 g/mol. The van der Waals surface area contributed by atoms with Crippen molar-refractivity contribution in [1.82, 2.24) is 14.3 Å². The number of rotatable bonds is 5. The van der Waals surface area contributed by atoms with Crippen molar-refractivity contribution in [3.05, 3.63) is 47.4 Å². The van der Waals surface area contributed by atoms with E-state index in [1.807, 2.05) is 0 Å². The van der Waals surface area contributed by atoms with Gasteiger partial charge in [-0.25, -0.2) is 27.2 Å². The Hall–Kier alpha value is -2.13. The third-order valence-electron chi connectivity index (χ3n) is 8.28. The standard InChI is InChI=1S/C24H28F2N4O2S/c25-18-1-2-20(26)22(8-18)33(31,32)30-4-3-19-21(12-30)28-14-29-23(19)27-13-24-9-15-5-16(10-24)7-17(6-15)11-24/h1-2,8,14-17H,3-7,9-13H2,(H,27,28,29). The fourth-order valence-corrected chi connectivity index (χ4v) is 8.76. The van der Waals surface area contributed by atoms with Gasteiger partial charge in [0.15, 0.2) is 0 Å². The van der Waals surface area contributed by atoms with Crippen LogP contribution in [0, 0.1) is 34.8 Å². The summed E-state index contributed by atoms with van der Waals surface area (Å²) in [7, 11) is -4.18. The molecule has 6 nitrogen and oxygen atoms in total. The number of sulfonamides is 1. The van der Waals surface area contributed by atoms with Crippen LogP contribution in [0.3, 0.4) is 0 Å². The van der Waals surface area contributed by atoms with Crippen LogP contribution >= 0.6 is 0 Å².